The first-order valence-corrected chi connectivity index (χ1v) is 16.8. The zero-order valence-electron chi connectivity index (χ0n) is 25.5. The van der Waals surface area contributed by atoms with E-state index in [1.54, 1.807) is 0 Å². The van der Waals surface area contributed by atoms with Gasteiger partial charge in [-0.15, -0.1) is 0 Å². The fourth-order valence-corrected chi connectivity index (χ4v) is 7.40. The maximum absolute atomic E-state index is 13.3. The van der Waals surface area contributed by atoms with Gasteiger partial charge in [0.2, 0.25) is 0 Å². The van der Waals surface area contributed by atoms with Gasteiger partial charge in [0, 0.05) is 21.5 Å². The third-order valence-electron chi connectivity index (χ3n) is 9.55. The van der Waals surface area contributed by atoms with E-state index in [9.17, 15) is 5.11 Å². The summed E-state index contributed by atoms with van der Waals surface area (Å²) in [6.07, 6.45) is 6.09. The molecule has 0 amide bonds. The number of pyridine rings is 1. The van der Waals surface area contributed by atoms with Crippen molar-refractivity contribution in [2.45, 2.75) is 63.9 Å². The summed E-state index contributed by atoms with van der Waals surface area (Å²) in [5, 5.41) is 16.7. The molecule has 0 spiro atoms. The maximum Gasteiger partial charge on any atom is 0.101 e. The topological polar surface area (TPSA) is 36.4 Å². The van der Waals surface area contributed by atoms with E-state index >= 15 is 0 Å². The Labute approximate surface area is 265 Å². The molecule has 6 rings (SSSR count). The second-order valence-electron chi connectivity index (χ2n) is 12.5. The Balaban J connectivity index is 1.45. The Bertz CT molecular complexity index is 1680. The number of piperidine rings is 1. The quantitative estimate of drug-likeness (QED) is 0.155. The van der Waals surface area contributed by atoms with Crippen molar-refractivity contribution in [2.75, 3.05) is 19.6 Å². The van der Waals surface area contributed by atoms with Gasteiger partial charge in [0.15, 0.2) is 0 Å². The van der Waals surface area contributed by atoms with E-state index in [0.717, 1.165) is 74.9 Å². The van der Waals surface area contributed by atoms with Crippen molar-refractivity contribution in [3.8, 4) is 0 Å². The van der Waals surface area contributed by atoms with Crippen molar-refractivity contribution in [2.24, 2.45) is 5.92 Å². The van der Waals surface area contributed by atoms with Gasteiger partial charge in [-0.05, 0) is 122 Å². The zero-order valence-corrected chi connectivity index (χ0v) is 27.1. The van der Waals surface area contributed by atoms with E-state index in [1.165, 1.54) is 31.3 Å². The number of rotatable bonds is 10. The molecule has 1 N–H and O–H groups in total. The average Bonchev–Trinajstić information content (AvgIpc) is 3.04. The van der Waals surface area contributed by atoms with Crippen molar-refractivity contribution in [1.82, 2.24) is 9.88 Å². The van der Waals surface area contributed by atoms with E-state index in [4.69, 9.17) is 4.98 Å². The number of hydrogen-bond donors (Lipinski definition) is 1. The minimum absolute atomic E-state index is 0.267. The first kappa shape index (κ1) is 30.0. The predicted octanol–water partition coefficient (Wildman–Crippen LogP) is 9.63. The van der Waals surface area contributed by atoms with Gasteiger partial charge in [-0.2, -0.15) is 0 Å². The third kappa shape index (κ3) is 6.57. The summed E-state index contributed by atoms with van der Waals surface area (Å²) < 4.78 is 1.03. The molecule has 1 aliphatic heterocycles. The van der Waals surface area contributed by atoms with Crippen LogP contribution in [-0.4, -0.2) is 34.6 Å². The van der Waals surface area contributed by atoms with Crippen LogP contribution in [0.3, 0.4) is 0 Å². The molecule has 4 heteroatoms. The van der Waals surface area contributed by atoms with Gasteiger partial charge in [-0.1, -0.05) is 96.5 Å². The molecule has 0 radical (unpaired) electrons. The van der Waals surface area contributed by atoms with Gasteiger partial charge >= 0.3 is 0 Å². The molecular formula is C39H43BrN2O. The summed E-state index contributed by atoms with van der Waals surface area (Å²) in [7, 11) is 0. The number of hydrogen-bond acceptors (Lipinski definition) is 3. The third-order valence-corrected chi connectivity index (χ3v) is 10.0. The summed E-state index contributed by atoms with van der Waals surface area (Å²) in [5.41, 5.74) is 4.12. The van der Waals surface area contributed by atoms with Crippen LogP contribution in [0.15, 0.2) is 102 Å². The number of nitrogens with zero attached hydrogens (tertiary/aromatic N) is 2. The van der Waals surface area contributed by atoms with Crippen molar-refractivity contribution in [1.29, 1.82) is 0 Å². The van der Waals surface area contributed by atoms with Crippen molar-refractivity contribution < 1.29 is 5.11 Å². The molecule has 222 valence electrons. The van der Waals surface area contributed by atoms with Gasteiger partial charge < -0.3 is 10.0 Å². The second kappa shape index (κ2) is 13.3. The summed E-state index contributed by atoms with van der Waals surface area (Å²) >= 11 is 3.67. The molecule has 2 unspecified atom stereocenters. The van der Waals surface area contributed by atoms with Crippen molar-refractivity contribution in [3.05, 3.63) is 124 Å². The number of halogens is 1. The van der Waals surface area contributed by atoms with E-state index in [-0.39, 0.29) is 5.92 Å². The number of unbranched alkanes of at least 4 members (excludes halogenated alkanes) is 1. The average molecular weight is 636 g/mol. The van der Waals surface area contributed by atoms with E-state index < -0.39 is 5.60 Å². The van der Waals surface area contributed by atoms with Gasteiger partial charge in [0.05, 0.1) is 5.52 Å². The largest absolute Gasteiger partial charge is 0.384 e. The summed E-state index contributed by atoms with van der Waals surface area (Å²) in [5.74, 6) is 0.571. The van der Waals surface area contributed by atoms with E-state index in [2.05, 4.69) is 132 Å². The van der Waals surface area contributed by atoms with Gasteiger partial charge in [0.1, 0.15) is 5.60 Å². The highest BCUT2D eigenvalue weighted by Gasteiger charge is 2.41. The van der Waals surface area contributed by atoms with Crippen LogP contribution in [0.25, 0.3) is 21.7 Å². The molecule has 0 aliphatic carbocycles. The number of likely N-dealkylation sites (tertiary alicyclic amines) is 1. The van der Waals surface area contributed by atoms with Crippen LogP contribution in [0.5, 0.6) is 0 Å². The lowest BCUT2D eigenvalue weighted by molar-refractivity contribution is 0.00690. The SMILES string of the molecule is CCc1nc2ccc(Br)cc2cc1C(c1ccccc1)C(O)(CCCCN1CCC(C)CC1)c1ccc2ccccc2c1. The van der Waals surface area contributed by atoms with Gasteiger partial charge in [-0.25, -0.2) is 0 Å². The molecule has 1 saturated heterocycles. The number of aromatic nitrogens is 1. The highest BCUT2D eigenvalue weighted by atomic mass is 79.9. The lowest BCUT2D eigenvalue weighted by Gasteiger charge is -2.39. The normalized spacial score (nSPS) is 16.8. The van der Waals surface area contributed by atoms with Crippen molar-refractivity contribution >= 4 is 37.6 Å². The fraction of sp³-hybridized carbons (Fsp3) is 0.359. The molecule has 1 aromatic heterocycles. The number of aliphatic hydroxyl groups is 1. The van der Waals surface area contributed by atoms with E-state index in [0.29, 0.717) is 6.42 Å². The van der Waals surface area contributed by atoms with Crippen LogP contribution in [0, 0.1) is 5.92 Å². The Morgan fingerprint density at radius 2 is 1.60 bits per heavy atom. The van der Waals surface area contributed by atoms with Gasteiger partial charge in [0.25, 0.3) is 0 Å². The smallest absolute Gasteiger partial charge is 0.101 e. The monoisotopic (exact) mass is 634 g/mol. The molecular weight excluding hydrogens is 592 g/mol. The summed E-state index contributed by atoms with van der Waals surface area (Å²) in [4.78, 5) is 7.78. The molecule has 4 aromatic carbocycles. The lowest BCUT2D eigenvalue weighted by Crippen LogP contribution is -2.36. The van der Waals surface area contributed by atoms with Crippen LogP contribution < -0.4 is 0 Å². The molecule has 1 fully saturated rings. The number of aryl methyl sites for hydroxylation is 1. The molecule has 43 heavy (non-hydrogen) atoms. The highest BCUT2D eigenvalue weighted by molar-refractivity contribution is 9.10. The number of fused-ring (bicyclic) bond motifs is 2. The first-order chi connectivity index (χ1) is 20.9. The van der Waals surface area contributed by atoms with Gasteiger partial charge in [-0.3, -0.25) is 4.98 Å². The first-order valence-electron chi connectivity index (χ1n) is 16.0. The number of benzene rings is 4. The zero-order chi connectivity index (χ0) is 29.8. The molecule has 5 aromatic rings. The Hall–Kier alpha value is -3.05. The highest BCUT2D eigenvalue weighted by Crippen LogP contribution is 2.47. The van der Waals surface area contributed by atoms with Crippen LogP contribution in [0.1, 0.15) is 74.3 Å². The maximum atomic E-state index is 13.3. The Kier molecular flexibility index (Phi) is 9.28. The molecule has 3 nitrogen and oxygen atoms in total. The fourth-order valence-electron chi connectivity index (χ4n) is 7.02. The molecule has 1 aliphatic rings. The molecule has 2 atom stereocenters. The van der Waals surface area contributed by atoms with Crippen molar-refractivity contribution in [3.63, 3.8) is 0 Å². The molecule has 0 bridgehead atoms. The Morgan fingerprint density at radius 3 is 2.37 bits per heavy atom. The molecule has 2 heterocycles. The minimum atomic E-state index is -1.12. The van der Waals surface area contributed by atoms with Crippen LogP contribution in [0.2, 0.25) is 0 Å². The summed E-state index contributed by atoms with van der Waals surface area (Å²) in [6.45, 7) is 8.03. The molecule has 0 saturated carbocycles. The lowest BCUT2D eigenvalue weighted by atomic mass is 9.70. The predicted molar refractivity (Wildman–Crippen MR) is 184 cm³/mol. The summed E-state index contributed by atoms with van der Waals surface area (Å²) in [6, 6.07) is 34.2. The van der Waals surface area contributed by atoms with Crippen LogP contribution >= 0.6 is 15.9 Å². The standard InChI is InChI=1S/C39H43BrN2O/c1-3-36-35(27-32-26-34(40)17-18-37(32)41-36)38(30-12-5-4-6-13-30)39(43,21-9-10-22-42-23-19-28(2)20-24-42)33-16-15-29-11-7-8-14-31(29)25-33/h4-8,11-18,25-28,38,43H,3,9-10,19-24H2,1-2H3. The minimum Gasteiger partial charge on any atom is -0.384 e. The Morgan fingerprint density at radius 1 is 0.860 bits per heavy atom. The van der Waals surface area contributed by atoms with Crippen LogP contribution in [0.4, 0.5) is 0 Å². The second-order valence-corrected chi connectivity index (χ2v) is 13.4. The van der Waals surface area contributed by atoms with Crippen LogP contribution in [-0.2, 0) is 12.0 Å². The van der Waals surface area contributed by atoms with E-state index in [1.807, 2.05) is 0 Å².